The fourth-order valence-electron chi connectivity index (χ4n) is 0.853. The highest BCUT2D eigenvalue weighted by atomic mass is 35.5. The fourth-order valence-corrected chi connectivity index (χ4v) is 0.999. The van der Waals surface area contributed by atoms with Crippen LogP contribution >= 0.6 is 11.6 Å². The van der Waals surface area contributed by atoms with E-state index >= 15 is 0 Å². The first kappa shape index (κ1) is 10.3. The molecule has 0 aromatic heterocycles. The van der Waals surface area contributed by atoms with E-state index in [0.717, 1.165) is 0 Å². The minimum absolute atomic E-state index is 0.114. The molecule has 1 rings (SSSR count). The minimum atomic E-state index is -1.07. The van der Waals surface area contributed by atoms with Gasteiger partial charge in [-0.05, 0) is 26.0 Å². The Labute approximate surface area is 80.3 Å². The zero-order valence-corrected chi connectivity index (χ0v) is 8.03. The van der Waals surface area contributed by atoms with Gasteiger partial charge in [-0.15, -0.1) is 0 Å². The van der Waals surface area contributed by atoms with Crippen LogP contribution in [0.3, 0.4) is 0 Å². The van der Waals surface area contributed by atoms with Crippen LogP contribution < -0.4 is 4.74 Å². The van der Waals surface area contributed by atoms with Crippen LogP contribution in [0.4, 0.5) is 8.78 Å². The molecule has 0 radical (unpaired) electrons. The molecule has 0 aliphatic heterocycles. The molecule has 0 fully saturated rings. The topological polar surface area (TPSA) is 9.23 Å². The molecule has 1 aromatic carbocycles. The Bertz CT molecular complexity index is 313. The van der Waals surface area contributed by atoms with Gasteiger partial charge in [0, 0.05) is 0 Å². The third-order valence-corrected chi connectivity index (χ3v) is 1.65. The summed E-state index contributed by atoms with van der Waals surface area (Å²) in [6.45, 7) is 3.46. The number of ether oxygens (including phenoxy) is 1. The van der Waals surface area contributed by atoms with E-state index in [1.807, 2.05) is 0 Å². The van der Waals surface area contributed by atoms with Crippen molar-refractivity contribution >= 4 is 11.6 Å². The molecule has 0 aliphatic carbocycles. The molecule has 1 nitrogen and oxygen atoms in total. The van der Waals surface area contributed by atoms with Gasteiger partial charge in [-0.2, -0.15) is 4.39 Å². The van der Waals surface area contributed by atoms with Gasteiger partial charge in [-0.3, -0.25) is 0 Å². The lowest BCUT2D eigenvalue weighted by molar-refractivity contribution is 0.228. The number of rotatable bonds is 2. The van der Waals surface area contributed by atoms with Crippen LogP contribution in [0.1, 0.15) is 13.8 Å². The molecular formula is C9H9ClF2O. The number of hydrogen-bond acceptors (Lipinski definition) is 1. The van der Waals surface area contributed by atoms with E-state index in [4.69, 9.17) is 16.3 Å². The van der Waals surface area contributed by atoms with Crippen LogP contribution in [0.25, 0.3) is 0 Å². The quantitative estimate of drug-likeness (QED) is 0.674. The summed E-state index contributed by atoms with van der Waals surface area (Å²) < 4.78 is 30.9. The first-order valence-electron chi connectivity index (χ1n) is 3.82. The highest BCUT2D eigenvalue weighted by Crippen LogP contribution is 2.26. The summed E-state index contributed by atoms with van der Waals surface area (Å²) in [5.74, 6) is -2.22. The largest absolute Gasteiger partial charge is 0.488 e. The zero-order valence-electron chi connectivity index (χ0n) is 7.27. The SMILES string of the molecule is CC(C)Oc1ccc(Cl)c(F)c1F. The molecule has 0 N–H and O–H groups in total. The maximum Gasteiger partial charge on any atom is 0.202 e. The van der Waals surface area contributed by atoms with E-state index in [9.17, 15) is 8.78 Å². The molecule has 0 saturated heterocycles. The van der Waals surface area contributed by atoms with Crippen molar-refractivity contribution in [2.75, 3.05) is 0 Å². The van der Waals surface area contributed by atoms with Crippen LogP contribution in [-0.2, 0) is 0 Å². The molecule has 0 unspecified atom stereocenters. The van der Waals surface area contributed by atoms with Crippen molar-refractivity contribution in [1.29, 1.82) is 0 Å². The molecule has 0 aliphatic rings. The van der Waals surface area contributed by atoms with E-state index in [2.05, 4.69) is 0 Å². The number of halogens is 3. The Morgan fingerprint density at radius 1 is 1.23 bits per heavy atom. The van der Waals surface area contributed by atoms with Crippen LogP contribution in [0.5, 0.6) is 5.75 Å². The van der Waals surface area contributed by atoms with Gasteiger partial charge in [0.1, 0.15) is 0 Å². The van der Waals surface area contributed by atoms with E-state index in [0.29, 0.717) is 0 Å². The summed E-state index contributed by atoms with van der Waals surface area (Å²) in [5.41, 5.74) is 0. The second kappa shape index (κ2) is 3.92. The molecule has 4 heteroatoms. The van der Waals surface area contributed by atoms with Gasteiger partial charge in [-0.1, -0.05) is 11.6 Å². The summed E-state index contributed by atoms with van der Waals surface area (Å²) >= 11 is 5.35. The van der Waals surface area contributed by atoms with E-state index in [1.165, 1.54) is 12.1 Å². The molecule has 0 bridgehead atoms. The predicted octanol–water partition coefficient (Wildman–Crippen LogP) is 3.41. The lowest BCUT2D eigenvalue weighted by Crippen LogP contribution is -2.07. The zero-order chi connectivity index (χ0) is 10.0. The van der Waals surface area contributed by atoms with Gasteiger partial charge in [0.2, 0.25) is 5.82 Å². The Kier molecular flexibility index (Phi) is 3.09. The Morgan fingerprint density at radius 2 is 1.85 bits per heavy atom. The molecule has 0 amide bonds. The van der Waals surface area contributed by atoms with Gasteiger partial charge in [0.05, 0.1) is 11.1 Å². The molecule has 0 heterocycles. The summed E-state index contributed by atoms with van der Waals surface area (Å²) in [7, 11) is 0. The standard InChI is InChI=1S/C9H9ClF2O/c1-5(2)13-7-4-3-6(10)8(11)9(7)12/h3-5H,1-2H3. The van der Waals surface area contributed by atoms with Gasteiger partial charge < -0.3 is 4.74 Å². The third kappa shape index (κ3) is 2.31. The van der Waals surface area contributed by atoms with Gasteiger partial charge in [0.15, 0.2) is 11.6 Å². The van der Waals surface area contributed by atoms with Crippen LogP contribution in [0, 0.1) is 11.6 Å². The van der Waals surface area contributed by atoms with Crippen LogP contribution in [0.15, 0.2) is 12.1 Å². The monoisotopic (exact) mass is 206 g/mol. The lowest BCUT2D eigenvalue weighted by atomic mass is 10.3. The van der Waals surface area contributed by atoms with Crippen molar-refractivity contribution in [3.63, 3.8) is 0 Å². The smallest absolute Gasteiger partial charge is 0.202 e. The van der Waals surface area contributed by atoms with Gasteiger partial charge in [-0.25, -0.2) is 4.39 Å². The van der Waals surface area contributed by atoms with E-state index < -0.39 is 11.6 Å². The molecule has 72 valence electrons. The number of benzene rings is 1. The van der Waals surface area contributed by atoms with Crippen molar-refractivity contribution in [2.24, 2.45) is 0 Å². The van der Waals surface area contributed by atoms with Crippen molar-refractivity contribution in [1.82, 2.24) is 0 Å². The molecule has 1 aromatic rings. The molecule has 0 spiro atoms. The van der Waals surface area contributed by atoms with E-state index in [-0.39, 0.29) is 16.9 Å². The molecule has 0 atom stereocenters. The van der Waals surface area contributed by atoms with Crippen molar-refractivity contribution in [3.8, 4) is 5.75 Å². The van der Waals surface area contributed by atoms with Crippen LogP contribution in [0.2, 0.25) is 5.02 Å². The molecular weight excluding hydrogens is 198 g/mol. The summed E-state index contributed by atoms with van der Waals surface area (Å²) in [5, 5.41) is -0.242. The Hall–Kier alpha value is -0.830. The van der Waals surface area contributed by atoms with Crippen LogP contribution in [-0.4, -0.2) is 6.10 Å². The first-order chi connectivity index (χ1) is 6.02. The van der Waals surface area contributed by atoms with Crippen molar-refractivity contribution in [2.45, 2.75) is 20.0 Å². The maximum atomic E-state index is 13.0. The second-order valence-electron chi connectivity index (χ2n) is 2.84. The fraction of sp³-hybridized carbons (Fsp3) is 0.333. The van der Waals surface area contributed by atoms with Crippen molar-refractivity contribution in [3.05, 3.63) is 28.8 Å². The number of hydrogen-bond donors (Lipinski definition) is 0. The lowest BCUT2D eigenvalue weighted by Gasteiger charge is -2.10. The van der Waals surface area contributed by atoms with E-state index in [1.54, 1.807) is 13.8 Å². The molecule has 0 saturated carbocycles. The highest BCUT2D eigenvalue weighted by Gasteiger charge is 2.13. The predicted molar refractivity (Wildman–Crippen MR) is 47.1 cm³/mol. The second-order valence-corrected chi connectivity index (χ2v) is 3.25. The normalized spacial score (nSPS) is 10.6. The maximum absolute atomic E-state index is 13.0. The molecule has 13 heavy (non-hydrogen) atoms. The minimum Gasteiger partial charge on any atom is -0.488 e. The average molecular weight is 207 g/mol. The van der Waals surface area contributed by atoms with Gasteiger partial charge >= 0.3 is 0 Å². The van der Waals surface area contributed by atoms with Crippen molar-refractivity contribution < 1.29 is 13.5 Å². The summed E-state index contributed by atoms with van der Waals surface area (Å²) in [6.07, 6.45) is -0.199. The van der Waals surface area contributed by atoms with Gasteiger partial charge in [0.25, 0.3) is 0 Å². The summed E-state index contributed by atoms with van der Waals surface area (Å²) in [6, 6.07) is 2.57. The first-order valence-corrected chi connectivity index (χ1v) is 4.20. The third-order valence-electron chi connectivity index (χ3n) is 1.36. The Balaban J connectivity index is 3.04. The highest BCUT2D eigenvalue weighted by molar-refractivity contribution is 6.30. The summed E-state index contributed by atoms with van der Waals surface area (Å²) in [4.78, 5) is 0. The average Bonchev–Trinajstić information content (AvgIpc) is 2.06. The Morgan fingerprint density at radius 3 is 2.38 bits per heavy atom.